The van der Waals surface area contributed by atoms with E-state index in [2.05, 4.69) is 27.0 Å². The van der Waals surface area contributed by atoms with Crippen molar-refractivity contribution in [3.05, 3.63) is 71.3 Å². The van der Waals surface area contributed by atoms with Crippen molar-refractivity contribution >= 4 is 11.3 Å². The van der Waals surface area contributed by atoms with Crippen molar-refractivity contribution < 1.29 is 4.39 Å². The van der Waals surface area contributed by atoms with Gasteiger partial charge in [-0.1, -0.05) is 13.3 Å². The molecule has 136 valence electrons. The number of hydrogen-bond acceptors (Lipinski definition) is 6. The molecule has 0 aliphatic carbocycles. The van der Waals surface area contributed by atoms with Gasteiger partial charge in [-0.25, -0.2) is 24.0 Å². The summed E-state index contributed by atoms with van der Waals surface area (Å²) in [6.45, 7) is 2.11. The topological polar surface area (TPSA) is 69.4 Å². The number of halogens is 1. The van der Waals surface area contributed by atoms with E-state index in [0.29, 0.717) is 6.42 Å². The molecule has 4 aromatic rings. The van der Waals surface area contributed by atoms with E-state index in [9.17, 15) is 4.39 Å². The van der Waals surface area contributed by atoms with Crippen LogP contribution in [0, 0.1) is 5.82 Å². The van der Waals surface area contributed by atoms with Crippen molar-refractivity contribution in [1.82, 2.24) is 29.7 Å². The number of pyridine rings is 1. The molecule has 4 rings (SSSR count). The quantitative estimate of drug-likeness (QED) is 0.508. The molecule has 0 aliphatic rings. The fraction of sp³-hybridized carbons (Fsp3) is 0.211. The standard InChI is InChI=1S/C19H17FN6S/c1-2-4-15-16(23-12-17(25-15)19-22-9-10-27-19)11-13-6-8-24-26(13)18-14(20)5-3-7-21-18/h3,5-10,12H,2,4,11H2,1H3. The van der Waals surface area contributed by atoms with Crippen LogP contribution < -0.4 is 0 Å². The highest BCUT2D eigenvalue weighted by Crippen LogP contribution is 2.22. The van der Waals surface area contributed by atoms with E-state index >= 15 is 0 Å². The predicted molar refractivity (Wildman–Crippen MR) is 101 cm³/mol. The first-order valence-electron chi connectivity index (χ1n) is 8.64. The van der Waals surface area contributed by atoms with Crippen LogP contribution in [0.25, 0.3) is 16.5 Å². The van der Waals surface area contributed by atoms with Crippen LogP contribution in [0.4, 0.5) is 4.39 Å². The Balaban J connectivity index is 1.69. The second-order valence-electron chi connectivity index (χ2n) is 5.96. The van der Waals surface area contributed by atoms with E-state index in [1.807, 2.05) is 11.4 Å². The Kier molecular flexibility index (Phi) is 4.97. The van der Waals surface area contributed by atoms with Gasteiger partial charge in [-0.15, -0.1) is 11.3 Å². The van der Waals surface area contributed by atoms with Crippen LogP contribution in [-0.2, 0) is 12.8 Å². The molecule has 0 atom stereocenters. The van der Waals surface area contributed by atoms with Gasteiger partial charge >= 0.3 is 0 Å². The Hall–Kier alpha value is -3.00. The van der Waals surface area contributed by atoms with Crippen molar-refractivity contribution in [3.63, 3.8) is 0 Å². The zero-order valence-corrected chi connectivity index (χ0v) is 15.5. The summed E-state index contributed by atoms with van der Waals surface area (Å²) in [5.74, 6) is -0.233. The zero-order chi connectivity index (χ0) is 18.6. The average Bonchev–Trinajstić information content (AvgIpc) is 3.36. The van der Waals surface area contributed by atoms with Crippen molar-refractivity contribution in [1.29, 1.82) is 0 Å². The number of rotatable bonds is 6. The molecule has 0 bridgehead atoms. The molecule has 8 heteroatoms. The lowest BCUT2D eigenvalue weighted by atomic mass is 10.1. The summed E-state index contributed by atoms with van der Waals surface area (Å²) in [5, 5.41) is 7.01. The molecule has 6 nitrogen and oxygen atoms in total. The number of nitrogens with zero attached hydrogens (tertiary/aromatic N) is 6. The minimum absolute atomic E-state index is 0.182. The average molecular weight is 380 g/mol. The molecule has 4 heterocycles. The highest BCUT2D eigenvalue weighted by Gasteiger charge is 2.15. The van der Waals surface area contributed by atoms with E-state index < -0.39 is 5.82 Å². The van der Waals surface area contributed by atoms with E-state index in [1.54, 1.807) is 30.9 Å². The minimum Gasteiger partial charge on any atom is -0.257 e. The molecule has 0 amide bonds. The van der Waals surface area contributed by atoms with Gasteiger partial charge in [0.2, 0.25) is 0 Å². The van der Waals surface area contributed by atoms with E-state index in [0.717, 1.165) is 40.6 Å². The zero-order valence-electron chi connectivity index (χ0n) is 14.7. The maximum atomic E-state index is 14.1. The van der Waals surface area contributed by atoms with Gasteiger partial charge in [0, 0.05) is 30.4 Å². The molecule has 0 radical (unpaired) electrons. The summed E-state index contributed by atoms with van der Waals surface area (Å²) < 4.78 is 15.6. The highest BCUT2D eigenvalue weighted by molar-refractivity contribution is 7.13. The lowest BCUT2D eigenvalue weighted by Crippen LogP contribution is -2.10. The van der Waals surface area contributed by atoms with Gasteiger partial charge in [0.05, 0.1) is 23.3 Å². The van der Waals surface area contributed by atoms with Gasteiger partial charge < -0.3 is 0 Å². The largest absolute Gasteiger partial charge is 0.257 e. The fourth-order valence-corrected chi connectivity index (χ4v) is 3.44. The lowest BCUT2D eigenvalue weighted by Gasteiger charge is -2.10. The Morgan fingerprint density at radius 2 is 2.00 bits per heavy atom. The van der Waals surface area contributed by atoms with Crippen LogP contribution in [-0.4, -0.2) is 29.7 Å². The SMILES string of the molecule is CCCc1nc(-c2nccs2)cnc1Cc1ccnn1-c1ncccc1F. The first-order valence-corrected chi connectivity index (χ1v) is 9.52. The van der Waals surface area contributed by atoms with Crippen LogP contribution in [0.15, 0.2) is 48.4 Å². The molecule has 0 N–H and O–H groups in total. The third-order valence-electron chi connectivity index (χ3n) is 4.08. The molecule has 0 spiro atoms. The third kappa shape index (κ3) is 3.61. The Bertz CT molecular complexity index is 1040. The van der Waals surface area contributed by atoms with Gasteiger partial charge in [0.15, 0.2) is 11.6 Å². The molecule has 0 aliphatic heterocycles. The van der Waals surface area contributed by atoms with Gasteiger partial charge in [-0.3, -0.25) is 4.98 Å². The fourth-order valence-electron chi connectivity index (χ4n) is 2.85. The normalized spacial score (nSPS) is 11.0. The van der Waals surface area contributed by atoms with Crippen LogP contribution >= 0.6 is 11.3 Å². The summed E-state index contributed by atoms with van der Waals surface area (Å²) in [6.07, 6.45) is 8.96. The van der Waals surface area contributed by atoms with E-state index in [4.69, 9.17) is 4.98 Å². The molecule has 0 fully saturated rings. The molecule has 0 aromatic carbocycles. The second kappa shape index (κ2) is 7.71. The molecular formula is C19H17FN6S. The van der Waals surface area contributed by atoms with E-state index in [-0.39, 0.29) is 5.82 Å². The van der Waals surface area contributed by atoms with Crippen LogP contribution in [0.3, 0.4) is 0 Å². The summed E-state index contributed by atoms with van der Waals surface area (Å²) >= 11 is 1.54. The smallest absolute Gasteiger partial charge is 0.189 e. The van der Waals surface area contributed by atoms with Gasteiger partial charge in [0.1, 0.15) is 10.7 Å². The number of aromatic nitrogens is 6. The van der Waals surface area contributed by atoms with Crippen molar-refractivity contribution in [2.45, 2.75) is 26.2 Å². The van der Waals surface area contributed by atoms with Crippen molar-refractivity contribution in [2.24, 2.45) is 0 Å². The molecule has 0 saturated carbocycles. The number of aryl methyl sites for hydroxylation is 1. The molecule has 0 saturated heterocycles. The van der Waals surface area contributed by atoms with Crippen molar-refractivity contribution in [2.75, 3.05) is 0 Å². The van der Waals surface area contributed by atoms with E-state index in [1.165, 1.54) is 22.1 Å². The van der Waals surface area contributed by atoms with Crippen molar-refractivity contribution in [3.8, 4) is 16.5 Å². The van der Waals surface area contributed by atoms with Crippen LogP contribution in [0.5, 0.6) is 0 Å². The highest BCUT2D eigenvalue weighted by atomic mass is 32.1. The second-order valence-corrected chi connectivity index (χ2v) is 6.85. The predicted octanol–water partition coefficient (Wildman–Crippen LogP) is 3.86. The molecule has 27 heavy (non-hydrogen) atoms. The first kappa shape index (κ1) is 17.4. The Morgan fingerprint density at radius 1 is 1.07 bits per heavy atom. The molecular weight excluding hydrogens is 363 g/mol. The summed E-state index contributed by atoms with van der Waals surface area (Å²) in [4.78, 5) is 17.8. The monoisotopic (exact) mass is 380 g/mol. The van der Waals surface area contributed by atoms with Gasteiger partial charge in [-0.05, 0) is 24.6 Å². The molecule has 0 unspecified atom stereocenters. The summed E-state index contributed by atoms with van der Waals surface area (Å²) in [7, 11) is 0. The minimum atomic E-state index is -0.415. The van der Waals surface area contributed by atoms with Crippen LogP contribution in [0.1, 0.15) is 30.4 Å². The number of hydrogen-bond donors (Lipinski definition) is 0. The van der Waals surface area contributed by atoms with Crippen LogP contribution in [0.2, 0.25) is 0 Å². The first-order chi connectivity index (χ1) is 13.3. The lowest BCUT2D eigenvalue weighted by molar-refractivity contribution is 0.596. The molecule has 4 aromatic heterocycles. The Labute approximate surface area is 159 Å². The summed E-state index contributed by atoms with van der Waals surface area (Å²) in [6, 6.07) is 4.78. The van der Waals surface area contributed by atoms with Gasteiger partial charge in [-0.2, -0.15) is 5.10 Å². The third-order valence-corrected chi connectivity index (χ3v) is 4.87. The maximum Gasteiger partial charge on any atom is 0.189 e. The van der Waals surface area contributed by atoms with Gasteiger partial charge in [0.25, 0.3) is 0 Å². The summed E-state index contributed by atoms with van der Waals surface area (Å²) in [5.41, 5.74) is 3.37. The number of thiazole rings is 1. The Morgan fingerprint density at radius 3 is 2.78 bits per heavy atom. The maximum absolute atomic E-state index is 14.1.